The van der Waals surface area contributed by atoms with Crippen molar-refractivity contribution in [3.8, 4) is 0 Å². The molecule has 2 fully saturated rings. The average Bonchev–Trinajstić information content (AvgIpc) is 2.68. The van der Waals surface area contributed by atoms with E-state index in [0.717, 1.165) is 12.8 Å². The van der Waals surface area contributed by atoms with Crippen molar-refractivity contribution in [1.82, 2.24) is 5.32 Å². The summed E-state index contributed by atoms with van der Waals surface area (Å²) in [4.78, 5) is 0. The van der Waals surface area contributed by atoms with Crippen molar-refractivity contribution in [2.24, 2.45) is 5.92 Å². The van der Waals surface area contributed by atoms with Gasteiger partial charge in [0, 0.05) is 18.5 Å². The van der Waals surface area contributed by atoms with Crippen LogP contribution in [0.5, 0.6) is 0 Å². The number of hydrogen-bond acceptors (Lipinski definition) is 2. The predicted molar refractivity (Wildman–Crippen MR) is 65.1 cm³/mol. The summed E-state index contributed by atoms with van der Waals surface area (Å²) in [6, 6.07) is 1.37. The van der Waals surface area contributed by atoms with Crippen LogP contribution in [-0.4, -0.2) is 18.7 Å². The van der Waals surface area contributed by atoms with Crippen molar-refractivity contribution < 1.29 is 9.13 Å². The average molecular weight is 237 g/mol. The molecule has 2 nitrogen and oxygen atoms in total. The van der Waals surface area contributed by atoms with Gasteiger partial charge in [0.05, 0.1) is 6.61 Å². The van der Waals surface area contributed by atoms with Crippen LogP contribution in [0.3, 0.4) is 0 Å². The molecule has 94 valence electrons. The van der Waals surface area contributed by atoms with Crippen LogP contribution in [0.25, 0.3) is 0 Å². The summed E-state index contributed by atoms with van der Waals surface area (Å²) in [6.07, 6.45) is 10.0. The second-order valence-corrected chi connectivity index (χ2v) is 5.50. The van der Waals surface area contributed by atoms with Gasteiger partial charge in [0.15, 0.2) is 5.83 Å². The van der Waals surface area contributed by atoms with E-state index in [4.69, 9.17) is 4.74 Å². The Labute approximate surface area is 102 Å². The molecule has 2 unspecified atom stereocenters. The standard InChI is InChI=1S/C14H20FNO/c15-13-3-1-2-4-14(13)17-9-10-7-11-5-6-12(8-10)16-11/h1,3,10-12,16H,2,4-9H2. The molecule has 17 heavy (non-hydrogen) atoms. The Hall–Kier alpha value is -0.830. The van der Waals surface area contributed by atoms with Crippen molar-refractivity contribution in [2.75, 3.05) is 6.61 Å². The molecule has 2 heterocycles. The number of ether oxygens (including phenoxy) is 1. The number of rotatable bonds is 3. The summed E-state index contributed by atoms with van der Waals surface area (Å²) in [6.45, 7) is 0.700. The lowest BCUT2D eigenvalue weighted by Crippen LogP contribution is -2.39. The van der Waals surface area contributed by atoms with Crippen molar-refractivity contribution in [3.05, 3.63) is 23.7 Å². The Bertz CT molecular complexity index is 338. The number of hydrogen-bond donors (Lipinski definition) is 1. The molecule has 0 amide bonds. The van der Waals surface area contributed by atoms with Gasteiger partial charge in [-0.2, -0.15) is 0 Å². The molecule has 2 aliphatic heterocycles. The molecule has 3 rings (SSSR count). The topological polar surface area (TPSA) is 21.3 Å². The summed E-state index contributed by atoms with van der Waals surface area (Å²) in [5, 5.41) is 3.61. The SMILES string of the molecule is FC1=C(OCC2CC3CCC(C2)N3)CCC=C1. The zero-order chi connectivity index (χ0) is 11.7. The minimum Gasteiger partial charge on any atom is -0.495 e. The van der Waals surface area contributed by atoms with E-state index in [1.54, 1.807) is 0 Å². The predicted octanol–water partition coefficient (Wildman–Crippen LogP) is 3.06. The highest BCUT2D eigenvalue weighted by atomic mass is 19.1. The van der Waals surface area contributed by atoms with Crippen molar-refractivity contribution >= 4 is 0 Å². The first kappa shape index (κ1) is 11.3. The van der Waals surface area contributed by atoms with Crippen LogP contribution >= 0.6 is 0 Å². The van der Waals surface area contributed by atoms with Gasteiger partial charge in [-0.25, -0.2) is 4.39 Å². The van der Waals surface area contributed by atoms with Crippen LogP contribution in [0.1, 0.15) is 38.5 Å². The van der Waals surface area contributed by atoms with E-state index in [0.29, 0.717) is 30.4 Å². The Kier molecular flexibility index (Phi) is 3.19. The fourth-order valence-corrected chi connectivity index (χ4v) is 3.28. The van der Waals surface area contributed by atoms with Crippen molar-refractivity contribution in [1.29, 1.82) is 0 Å². The van der Waals surface area contributed by atoms with Gasteiger partial charge >= 0.3 is 0 Å². The molecule has 0 spiro atoms. The van der Waals surface area contributed by atoms with E-state index < -0.39 is 0 Å². The van der Waals surface area contributed by atoms with E-state index in [2.05, 4.69) is 5.32 Å². The summed E-state index contributed by atoms with van der Waals surface area (Å²) < 4.78 is 19.1. The third-order valence-electron chi connectivity index (χ3n) is 4.13. The van der Waals surface area contributed by atoms with Gasteiger partial charge in [0.25, 0.3) is 0 Å². The third-order valence-corrected chi connectivity index (χ3v) is 4.13. The molecule has 3 heteroatoms. The second-order valence-electron chi connectivity index (χ2n) is 5.50. The highest BCUT2D eigenvalue weighted by molar-refractivity contribution is 5.19. The zero-order valence-corrected chi connectivity index (χ0v) is 10.1. The first-order valence-electron chi connectivity index (χ1n) is 6.75. The van der Waals surface area contributed by atoms with Gasteiger partial charge in [-0.3, -0.25) is 0 Å². The van der Waals surface area contributed by atoms with E-state index in [-0.39, 0.29) is 5.83 Å². The van der Waals surface area contributed by atoms with Crippen LogP contribution in [0.4, 0.5) is 4.39 Å². The number of allylic oxidation sites excluding steroid dienone is 4. The molecule has 0 aromatic carbocycles. The summed E-state index contributed by atoms with van der Waals surface area (Å²) >= 11 is 0. The maximum absolute atomic E-state index is 13.4. The van der Waals surface area contributed by atoms with Gasteiger partial charge in [-0.05, 0) is 44.1 Å². The molecular weight excluding hydrogens is 217 g/mol. The Balaban J connectivity index is 1.53. The molecule has 1 aliphatic carbocycles. The molecule has 3 aliphatic rings. The monoisotopic (exact) mass is 237 g/mol. The molecule has 0 saturated carbocycles. The van der Waals surface area contributed by atoms with Crippen LogP contribution in [0, 0.1) is 5.92 Å². The van der Waals surface area contributed by atoms with Gasteiger partial charge in [-0.15, -0.1) is 0 Å². The Morgan fingerprint density at radius 1 is 1.29 bits per heavy atom. The lowest BCUT2D eigenvalue weighted by atomic mass is 9.93. The first-order chi connectivity index (χ1) is 8.31. The number of nitrogens with one attached hydrogen (secondary N) is 1. The first-order valence-corrected chi connectivity index (χ1v) is 6.75. The molecule has 0 aromatic heterocycles. The Morgan fingerprint density at radius 3 is 2.76 bits per heavy atom. The Morgan fingerprint density at radius 2 is 2.06 bits per heavy atom. The van der Waals surface area contributed by atoms with Gasteiger partial charge in [-0.1, -0.05) is 6.08 Å². The van der Waals surface area contributed by atoms with Crippen LogP contribution < -0.4 is 5.32 Å². The smallest absolute Gasteiger partial charge is 0.160 e. The molecule has 2 saturated heterocycles. The number of fused-ring (bicyclic) bond motifs is 2. The highest BCUT2D eigenvalue weighted by Gasteiger charge is 2.33. The fourth-order valence-electron chi connectivity index (χ4n) is 3.28. The lowest BCUT2D eigenvalue weighted by Gasteiger charge is -2.29. The van der Waals surface area contributed by atoms with Gasteiger partial charge in [0.2, 0.25) is 0 Å². The lowest BCUT2D eigenvalue weighted by molar-refractivity contribution is 0.121. The van der Waals surface area contributed by atoms with Gasteiger partial charge < -0.3 is 10.1 Å². The summed E-state index contributed by atoms with van der Waals surface area (Å²) in [5.74, 6) is 1.01. The maximum Gasteiger partial charge on any atom is 0.160 e. The van der Waals surface area contributed by atoms with Gasteiger partial charge in [0.1, 0.15) is 5.76 Å². The highest BCUT2D eigenvalue weighted by Crippen LogP contribution is 2.32. The molecule has 2 bridgehead atoms. The summed E-state index contributed by atoms with van der Waals surface area (Å²) in [5.41, 5.74) is 0. The van der Waals surface area contributed by atoms with Crippen LogP contribution in [0.2, 0.25) is 0 Å². The van der Waals surface area contributed by atoms with E-state index in [1.165, 1.54) is 31.8 Å². The van der Waals surface area contributed by atoms with Crippen molar-refractivity contribution in [3.63, 3.8) is 0 Å². The molecular formula is C14H20FNO. The third kappa shape index (κ3) is 2.54. The zero-order valence-electron chi connectivity index (χ0n) is 10.1. The van der Waals surface area contributed by atoms with Crippen LogP contribution in [0.15, 0.2) is 23.7 Å². The van der Waals surface area contributed by atoms with E-state index in [1.807, 2.05) is 6.08 Å². The van der Waals surface area contributed by atoms with E-state index in [9.17, 15) is 4.39 Å². The van der Waals surface area contributed by atoms with Crippen molar-refractivity contribution in [2.45, 2.75) is 50.6 Å². The maximum atomic E-state index is 13.4. The number of halogens is 1. The minimum absolute atomic E-state index is 0.173. The quantitative estimate of drug-likeness (QED) is 0.814. The largest absolute Gasteiger partial charge is 0.495 e. The molecule has 2 atom stereocenters. The molecule has 1 N–H and O–H groups in total. The van der Waals surface area contributed by atoms with Crippen LogP contribution in [-0.2, 0) is 4.74 Å². The normalized spacial score (nSPS) is 36.4. The minimum atomic E-state index is -0.173. The molecule has 0 aromatic rings. The fraction of sp³-hybridized carbons (Fsp3) is 0.714. The second kappa shape index (κ2) is 4.81. The molecule has 0 radical (unpaired) electrons. The summed E-state index contributed by atoms with van der Waals surface area (Å²) in [7, 11) is 0. The van der Waals surface area contributed by atoms with E-state index >= 15 is 0 Å². The number of piperidine rings is 1.